The highest BCUT2D eigenvalue weighted by Crippen LogP contribution is 2.20. The smallest absolute Gasteiger partial charge is 0.423 e. The van der Waals surface area contributed by atoms with Gasteiger partial charge in [-0.15, -0.1) is 0 Å². The first-order valence-corrected chi connectivity index (χ1v) is 4.78. The van der Waals surface area contributed by atoms with Crippen LogP contribution in [0.25, 0.3) is 0 Å². The van der Waals surface area contributed by atoms with Gasteiger partial charge in [0.25, 0.3) is 5.91 Å². The maximum Gasteiger partial charge on any atom is 0.423 e. The predicted octanol–water partition coefficient (Wildman–Crippen LogP) is 0.831. The third-order valence-electron chi connectivity index (χ3n) is 1.60. The first-order valence-electron chi connectivity index (χ1n) is 3.86. The number of nitrogens with zero attached hydrogens (tertiary/aromatic N) is 1. The summed E-state index contributed by atoms with van der Waals surface area (Å²) in [5.74, 6) is -1.13. The molecule has 1 saturated heterocycles. The summed E-state index contributed by atoms with van der Waals surface area (Å²) in [6.45, 7) is 3.31. The summed E-state index contributed by atoms with van der Waals surface area (Å²) in [5, 5.41) is 0. The molecule has 0 bridgehead atoms. The maximum absolute atomic E-state index is 11.3. The van der Waals surface area contributed by atoms with Crippen molar-refractivity contribution < 1.29 is 19.1 Å². The summed E-state index contributed by atoms with van der Waals surface area (Å²) < 4.78 is 4.57. The largest absolute Gasteiger partial charge is 0.445 e. The lowest BCUT2D eigenvalue weighted by Crippen LogP contribution is -2.37. The van der Waals surface area contributed by atoms with E-state index in [1.165, 1.54) is 6.08 Å². The van der Waals surface area contributed by atoms with E-state index in [1.54, 1.807) is 0 Å². The van der Waals surface area contributed by atoms with E-state index in [4.69, 9.17) is 0 Å². The molecule has 1 heterocycles. The van der Waals surface area contributed by atoms with Crippen LogP contribution in [0.3, 0.4) is 0 Å². The number of carbonyl (C=O) groups excluding carboxylic acids is 3. The van der Waals surface area contributed by atoms with Gasteiger partial charge in [-0.2, -0.15) is 4.90 Å². The Bertz CT molecular complexity index is 302. The van der Waals surface area contributed by atoms with Crippen LogP contribution in [0, 0.1) is 0 Å². The van der Waals surface area contributed by atoms with Crippen molar-refractivity contribution in [2.75, 3.05) is 6.61 Å². The lowest BCUT2D eigenvalue weighted by atomic mass is 10.4. The van der Waals surface area contributed by atoms with E-state index in [9.17, 15) is 14.4 Å². The standard InChI is InChI=1S/C8H8BrNO4/c1-2-3-14-8(13)10-6(11)4-5(9)7(10)12/h2,5H,1,3-4H2. The van der Waals surface area contributed by atoms with E-state index >= 15 is 0 Å². The van der Waals surface area contributed by atoms with Gasteiger partial charge in [0.15, 0.2) is 0 Å². The number of alkyl halides is 1. The Morgan fingerprint density at radius 3 is 2.79 bits per heavy atom. The second-order valence-corrected chi connectivity index (χ2v) is 3.71. The average molecular weight is 262 g/mol. The fraction of sp³-hybridized carbons (Fsp3) is 0.375. The minimum absolute atomic E-state index is 0.0119. The Morgan fingerprint density at radius 1 is 1.71 bits per heavy atom. The van der Waals surface area contributed by atoms with Gasteiger partial charge in [0.05, 0.1) is 0 Å². The molecule has 0 saturated carbocycles. The van der Waals surface area contributed by atoms with Gasteiger partial charge in [-0.05, 0) is 0 Å². The Balaban J connectivity index is 2.67. The third-order valence-corrected chi connectivity index (χ3v) is 2.31. The van der Waals surface area contributed by atoms with Gasteiger partial charge in [0, 0.05) is 6.42 Å². The van der Waals surface area contributed by atoms with Crippen molar-refractivity contribution >= 4 is 33.8 Å². The SMILES string of the molecule is C=CCOC(=O)N1C(=O)CC(Br)C1=O. The summed E-state index contributed by atoms with van der Waals surface area (Å²) in [7, 11) is 0. The molecule has 76 valence electrons. The van der Waals surface area contributed by atoms with Crippen LogP contribution >= 0.6 is 15.9 Å². The highest BCUT2D eigenvalue weighted by Gasteiger charge is 2.42. The zero-order valence-corrected chi connectivity index (χ0v) is 8.82. The molecule has 1 fully saturated rings. The van der Waals surface area contributed by atoms with Crippen molar-refractivity contribution in [2.45, 2.75) is 11.2 Å². The summed E-state index contributed by atoms with van der Waals surface area (Å²) in [4.78, 5) is 33.4. The molecule has 0 radical (unpaired) electrons. The van der Waals surface area contributed by atoms with Crippen LogP contribution in [0.4, 0.5) is 4.79 Å². The molecule has 5 nitrogen and oxygen atoms in total. The van der Waals surface area contributed by atoms with Crippen LogP contribution in [-0.4, -0.2) is 34.2 Å². The van der Waals surface area contributed by atoms with Gasteiger partial charge in [-0.1, -0.05) is 28.6 Å². The molecule has 1 aliphatic heterocycles. The molecule has 1 unspecified atom stereocenters. The van der Waals surface area contributed by atoms with E-state index in [0.717, 1.165) is 0 Å². The molecular weight excluding hydrogens is 254 g/mol. The Kier molecular flexibility index (Phi) is 3.40. The van der Waals surface area contributed by atoms with Gasteiger partial charge in [-0.3, -0.25) is 9.59 Å². The number of ether oxygens (including phenoxy) is 1. The molecular formula is C8H8BrNO4. The van der Waals surface area contributed by atoms with E-state index in [-0.39, 0.29) is 13.0 Å². The number of hydrogen-bond donors (Lipinski definition) is 0. The summed E-state index contributed by atoms with van der Waals surface area (Å²) in [5.41, 5.74) is 0. The Hall–Kier alpha value is -1.17. The molecule has 0 aliphatic carbocycles. The van der Waals surface area contributed by atoms with Gasteiger partial charge in [0.1, 0.15) is 11.4 Å². The topological polar surface area (TPSA) is 63.7 Å². The van der Waals surface area contributed by atoms with Crippen LogP contribution < -0.4 is 0 Å². The summed E-state index contributed by atoms with van der Waals surface area (Å²) >= 11 is 2.98. The number of halogens is 1. The van der Waals surface area contributed by atoms with Gasteiger partial charge in [-0.25, -0.2) is 4.79 Å². The van der Waals surface area contributed by atoms with Crippen molar-refractivity contribution in [1.29, 1.82) is 0 Å². The third kappa shape index (κ3) is 2.01. The Labute approximate surface area is 88.8 Å². The molecule has 14 heavy (non-hydrogen) atoms. The van der Waals surface area contributed by atoms with E-state index in [0.29, 0.717) is 4.90 Å². The van der Waals surface area contributed by atoms with Gasteiger partial charge < -0.3 is 4.74 Å². The number of amides is 3. The number of hydrogen-bond acceptors (Lipinski definition) is 4. The Morgan fingerprint density at radius 2 is 2.36 bits per heavy atom. The minimum atomic E-state index is -0.943. The predicted molar refractivity (Wildman–Crippen MR) is 50.7 cm³/mol. The molecule has 6 heteroatoms. The van der Waals surface area contributed by atoms with Crippen molar-refractivity contribution in [3.8, 4) is 0 Å². The van der Waals surface area contributed by atoms with E-state index in [2.05, 4.69) is 27.2 Å². The van der Waals surface area contributed by atoms with Crippen LogP contribution in [0.2, 0.25) is 0 Å². The van der Waals surface area contributed by atoms with Crippen molar-refractivity contribution in [1.82, 2.24) is 4.90 Å². The van der Waals surface area contributed by atoms with E-state index in [1.807, 2.05) is 0 Å². The molecule has 1 atom stereocenters. The van der Waals surface area contributed by atoms with Crippen molar-refractivity contribution in [2.24, 2.45) is 0 Å². The fourth-order valence-corrected chi connectivity index (χ4v) is 1.46. The van der Waals surface area contributed by atoms with Gasteiger partial charge >= 0.3 is 6.09 Å². The molecule has 0 aromatic heterocycles. The van der Waals surface area contributed by atoms with Crippen molar-refractivity contribution in [3.05, 3.63) is 12.7 Å². The molecule has 0 spiro atoms. The number of carbonyl (C=O) groups is 3. The maximum atomic E-state index is 11.3. The molecule has 1 rings (SSSR count). The molecule has 0 aromatic carbocycles. The minimum Gasteiger partial charge on any atom is -0.445 e. The lowest BCUT2D eigenvalue weighted by Gasteiger charge is -2.10. The van der Waals surface area contributed by atoms with Crippen LogP contribution in [0.1, 0.15) is 6.42 Å². The normalized spacial score (nSPS) is 21.2. The first kappa shape index (κ1) is 10.9. The monoisotopic (exact) mass is 261 g/mol. The highest BCUT2D eigenvalue weighted by atomic mass is 79.9. The summed E-state index contributed by atoms with van der Waals surface area (Å²) in [6.07, 6.45) is 0.401. The van der Waals surface area contributed by atoms with Crippen LogP contribution in [-0.2, 0) is 14.3 Å². The first-order chi connectivity index (χ1) is 6.57. The van der Waals surface area contributed by atoms with Crippen molar-refractivity contribution in [3.63, 3.8) is 0 Å². The highest BCUT2D eigenvalue weighted by molar-refractivity contribution is 9.10. The molecule has 0 aromatic rings. The van der Waals surface area contributed by atoms with Crippen LogP contribution in [0.5, 0.6) is 0 Å². The molecule has 1 aliphatic rings. The molecule has 0 N–H and O–H groups in total. The van der Waals surface area contributed by atoms with E-state index < -0.39 is 22.7 Å². The average Bonchev–Trinajstić information content (AvgIpc) is 2.38. The quantitative estimate of drug-likeness (QED) is 0.420. The fourth-order valence-electron chi connectivity index (χ4n) is 0.981. The lowest BCUT2D eigenvalue weighted by molar-refractivity contribution is -0.135. The second kappa shape index (κ2) is 4.36. The zero-order valence-electron chi connectivity index (χ0n) is 7.23. The summed E-state index contributed by atoms with van der Waals surface area (Å²) in [6, 6.07) is 0. The second-order valence-electron chi connectivity index (χ2n) is 2.60. The van der Waals surface area contributed by atoms with Gasteiger partial charge in [0.2, 0.25) is 5.91 Å². The number of imide groups is 3. The zero-order chi connectivity index (χ0) is 10.7. The number of likely N-dealkylation sites (tertiary alicyclic amines) is 1. The molecule has 3 amide bonds. The van der Waals surface area contributed by atoms with Crippen LogP contribution in [0.15, 0.2) is 12.7 Å². The number of rotatable bonds is 2.